The number of nitrogens with zero attached hydrogens (tertiary/aromatic N) is 3. The average molecular weight is 423 g/mol. The summed E-state index contributed by atoms with van der Waals surface area (Å²) in [5, 5.41) is 8.99. The lowest BCUT2D eigenvalue weighted by atomic mass is 10.1. The van der Waals surface area contributed by atoms with E-state index < -0.39 is 48.4 Å². The van der Waals surface area contributed by atoms with Gasteiger partial charge >= 0.3 is 23.9 Å². The van der Waals surface area contributed by atoms with Gasteiger partial charge < -0.3 is 23.7 Å². The highest BCUT2D eigenvalue weighted by Gasteiger charge is 2.51. The Hall–Kier alpha value is -3.46. The molecule has 1 aliphatic heterocycles. The molecule has 0 amide bonds. The van der Waals surface area contributed by atoms with Gasteiger partial charge in [-0.15, -0.1) is 0 Å². The molecule has 0 unspecified atom stereocenters. The predicted octanol–water partition coefficient (Wildman–Crippen LogP) is 0.0597. The lowest BCUT2D eigenvalue weighted by molar-refractivity contribution is -0.166. The van der Waals surface area contributed by atoms with E-state index >= 15 is 0 Å². The van der Waals surface area contributed by atoms with Gasteiger partial charge in [-0.3, -0.25) is 19.0 Å². The Morgan fingerprint density at radius 2 is 1.77 bits per heavy atom. The molecule has 1 fully saturated rings. The number of imidazole rings is 1. The van der Waals surface area contributed by atoms with E-state index in [1.54, 1.807) is 0 Å². The van der Waals surface area contributed by atoms with Crippen LogP contribution in [0.3, 0.4) is 0 Å². The largest absolute Gasteiger partial charge is 0.464 e. The molecule has 0 aromatic carbocycles. The van der Waals surface area contributed by atoms with Crippen LogP contribution in [0.5, 0.6) is 0 Å². The van der Waals surface area contributed by atoms with Crippen molar-refractivity contribution in [1.82, 2.24) is 9.55 Å². The zero-order chi connectivity index (χ0) is 22.4. The van der Waals surface area contributed by atoms with Crippen LogP contribution in [0.25, 0.3) is 0 Å². The fourth-order valence-corrected chi connectivity index (χ4v) is 3.03. The second kappa shape index (κ2) is 9.84. The number of ether oxygens (including phenoxy) is 5. The molecule has 0 saturated carbocycles. The van der Waals surface area contributed by atoms with E-state index in [4.69, 9.17) is 28.9 Å². The Labute approximate surface area is 171 Å². The maximum atomic E-state index is 12.3. The van der Waals surface area contributed by atoms with Gasteiger partial charge in [-0.25, -0.2) is 9.78 Å². The second-order valence-electron chi connectivity index (χ2n) is 6.29. The number of hydrogen-bond acceptors (Lipinski definition) is 11. The van der Waals surface area contributed by atoms with E-state index in [0.29, 0.717) is 0 Å². The van der Waals surface area contributed by atoms with E-state index in [1.807, 2.05) is 6.07 Å². The number of esters is 4. The third-order valence-electron chi connectivity index (χ3n) is 4.11. The summed E-state index contributed by atoms with van der Waals surface area (Å²) < 4.78 is 27.4. The summed E-state index contributed by atoms with van der Waals surface area (Å²) in [5.41, 5.74) is 0.0397. The van der Waals surface area contributed by atoms with Gasteiger partial charge in [0, 0.05) is 20.8 Å². The minimum Gasteiger partial charge on any atom is -0.464 e. The maximum Gasteiger partial charge on any atom is 0.356 e. The normalized spacial score (nSPS) is 22.6. The maximum absolute atomic E-state index is 12.3. The quantitative estimate of drug-likeness (QED) is 0.431. The predicted molar refractivity (Wildman–Crippen MR) is 94.5 cm³/mol. The van der Waals surface area contributed by atoms with E-state index in [-0.39, 0.29) is 24.4 Å². The number of aromatic nitrogens is 2. The number of hydrogen-bond donors (Lipinski definition) is 0. The van der Waals surface area contributed by atoms with Crippen LogP contribution < -0.4 is 0 Å². The Morgan fingerprint density at radius 1 is 1.13 bits per heavy atom. The highest BCUT2D eigenvalue weighted by Crippen LogP contribution is 2.36. The smallest absolute Gasteiger partial charge is 0.356 e. The third-order valence-corrected chi connectivity index (χ3v) is 4.11. The minimum atomic E-state index is -1.19. The van der Waals surface area contributed by atoms with Gasteiger partial charge in [0.25, 0.3) is 0 Å². The molecule has 2 heterocycles. The molecule has 1 aliphatic rings. The first-order valence-electron chi connectivity index (χ1n) is 8.83. The Morgan fingerprint density at radius 3 is 2.30 bits per heavy atom. The number of rotatable bonds is 7. The van der Waals surface area contributed by atoms with Crippen molar-refractivity contribution in [1.29, 1.82) is 5.26 Å². The zero-order valence-electron chi connectivity index (χ0n) is 16.8. The summed E-state index contributed by atoms with van der Waals surface area (Å²) in [5.74, 6) is -2.77. The van der Waals surface area contributed by atoms with E-state index in [0.717, 1.165) is 21.0 Å². The topological polar surface area (TPSA) is 156 Å². The molecular formula is C18H21N3O9. The Bertz CT molecular complexity index is 873. The number of carbonyl (C=O) groups is 4. The average Bonchev–Trinajstić information content (AvgIpc) is 3.21. The molecule has 12 heteroatoms. The second-order valence-corrected chi connectivity index (χ2v) is 6.29. The van der Waals surface area contributed by atoms with E-state index in [1.165, 1.54) is 17.8 Å². The molecule has 4 atom stereocenters. The van der Waals surface area contributed by atoms with Crippen molar-refractivity contribution in [2.45, 2.75) is 51.7 Å². The molecule has 0 radical (unpaired) electrons. The molecule has 1 saturated heterocycles. The standard InChI is InChI=1S/C18H21N3O9/c1-9(22)27-7-13-15(28-10(2)23)16(29-11(3)24)17(30-13)21-8-20-12(5-6-19)14(21)18(25)26-4/h8,13,15-17H,5,7H2,1-4H3/t13-,15-,16-,17-/m1/s1. The molecule has 1 aromatic rings. The fourth-order valence-electron chi connectivity index (χ4n) is 3.03. The number of nitriles is 1. The molecule has 12 nitrogen and oxygen atoms in total. The summed E-state index contributed by atoms with van der Waals surface area (Å²) in [4.78, 5) is 50.9. The first kappa shape index (κ1) is 22.8. The molecule has 0 bridgehead atoms. The number of carbonyl (C=O) groups excluding carboxylic acids is 4. The van der Waals surface area contributed by atoms with Crippen LogP contribution in [0, 0.1) is 11.3 Å². The van der Waals surface area contributed by atoms with Crippen molar-refractivity contribution in [3.05, 3.63) is 17.7 Å². The number of methoxy groups -OCH3 is 1. The zero-order valence-corrected chi connectivity index (χ0v) is 16.8. The molecule has 30 heavy (non-hydrogen) atoms. The van der Waals surface area contributed by atoms with Crippen LogP contribution >= 0.6 is 0 Å². The fraction of sp³-hybridized carbons (Fsp3) is 0.556. The van der Waals surface area contributed by atoms with Crippen molar-refractivity contribution in [2.24, 2.45) is 0 Å². The van der Waals surface area contributed by atoms with Gasteiger partial charge in [0.2, 0.25) is 0 Å². The summed E-state index contributed by atoms with van der Waals surface area (Å²) in [7, 11) is 1.15. The first-order valence-corrected chi connectivity index (χ1v) is 8.83. The van der Waals surface area contributed by atoms with Gasteiger partial charge in [0.15, 0.2) is 24.1 Å². The summed E-state index contributed by atoms with van der Waals surface area (Å²) in [6, 6.07) is 1.89. The van der Waals surface area contributed by atoms with Crippen LogP contribution in [0.15, 0.2) is 6.33 Å². The lowest BCUT2D eigenvalue weighted by Gasteiger charge is -2.24. The van der Waals surface area contributed by atoms with E-state index in [9.17, 15) is 19.2 Å². The molecule has 162 valence electrons. The van der Waals surface area contributed by atoms with Gasteiger partial charge in [-0.2, -0.15) is 5.26 Å². The highest BCUT2D eigenvalue weighted by atomic mass is 16.7. The Balaban J connectivity index is 2.51. The van der Waals surface area contributed by atoms with E-state index in [2.05, 4.69) is 4.98 Å². The van der Waals surface area contributed by atoms with Crippen LogP contribution in [0.1, 0.15) is 43.2 Å². The highest BCUT2D eigenvalue weighted by molar-refractivity contribution is 5.89. The van der Waals surface area contributed by atoms with Crippen LogP contribution in [0.4, 0.5) is 0 Å². The van der Waals surface area contributed by atoms with Gasteiger partial charge in [-0.05, 0) is 0 Å². The molecule has 0 spiro atoms. The van der Waals surface area contributed by atoms with Crippen LogP contribution in [0.2, 0.25) is 0 Å². The molecule has 2 rings (SSSR count). The van der Waals surface area contributed by atoms with Crippen molar-refractivity contribution in [2.75, 3.05) is 13.7 Å². The van der Waals surface area contributed by atoms with Crippen molar-refractivity contribution < 1.29 is 42.9 Å². The van der Waals surface area contributed by atoms with Crippen molar-refractivity contribution >= 4 is 23.9 Å². The van der Waals surface area contributed by atoms with Gasteiger partial charge in [-0.1, -0.05) is 0 Å². The lowest BCUT2D eigenvalue weighted by Crippen LogP contribution is -2.40. The van der Waals surface area contributed by atoms with Crippen LogP contribution in [-0.4, -0.2) is 65.5 Å². The summed E-state index contributed by atoms with van der Waals surface area (Å²) in [6.45, 7) is 3.20. The minimum absolute atomic E-state index is 0.0871. The van der Waals surface area contributed by atoms with Crippen molar-refractivity contribution in [3.8, 4) is 6.07 Å². The first-order chi connectivity index (χ1) is 14.2. The third kappa shape index (κ3) is 5.12. The monoisotopic (exact) mass is 423 g/mol. The molecule has 1 aromatic heterocycles. The van der Waals surface area contributed by atoms with Gasteiger partial charge in [0.05, 0.1) is 31.6 Å². The molecule has 0 aliphatic carbocycles. The summed E-state index contributed by atoms with van der Waals surface area (Å²) >= 11 is 0. The SMILES string of the molecule is COC(=O)c1c(CC#N)ncn1[C@@H]1O[C@H](COC(C)=O)[C@@H](OC(C)=O)[C@H]1OC(C)=O. The Kier molecular flexibility index (Phi) is 7.48. The summed E-state index contributed by atoms with van der Waals surface area (Å²) in [6.07, 6.45) is -3.47. The van der Waals surface area contributed by atoms with Crippen molar-refractivity contribution in [3.63, 3.8) is 0 Å². The molecule has 0 N–H and O–H groups in total. The van der Waals surface area contributed by atoms with Crippen LogP contribution in [-0.2, 0) is 44.5 Å². The molecular weight excluding hydrogens is 402 g/mol. The van der Waals surface area contributed by atoms with Gasteiger partial charge in [0.1, 0.15) is 12.7 Å².